The minimum absolute atomic E-state index is 0.0783. The van der Waals surface area contributed by atoms with E-state index in [9.17, 15) is 9.18 Å². The van der Waals surface area contributed by atoms with E-state index in [1.807, 2.05) is 0 Å². The number of carbonyl (C=O) groups is 1. The zero-order valence-electron chi connectivity index (χ0n) is 16.8. The molecule has 0 aliphatic heterocycles. The van der Waals surface area contributed by atoms with Gasteiger partial charge in [0.1, 0.15) is 12.1 Å². The molecule has 0 bridgehead atoms. The number of imidazole rings is 1. The standard InChI is InChI=1S/C22H17ClFN3O4/c1-29-17-9-15-16(10-18(17)30-2)27(11-25-15)19-8-7-13(22(28)31-3)21(26-19)12-5-4-6-14(23)20(12)24/h4-11H,1-3H3. The molecular weight excluding hydrogens is 425 g/mol. The van der Waals surface area contributed by atoms with Crippen molar-refractivity contribution in [2.45, 2.75) is 0 Å². The van der Waals surface area contributed by atoms with Gasteiger partial charge in [0.25, 0.3) is 0 Å². The van der Waals surface area contributed by atoms with Gasteiger partial charge in [-0.15, -0.1) is 0 Å². The number of methoxy groups -OCH3 is 3. The smallest absolute Gasteiger partial charge is 0.340 e. The maximum Gasteiger partial charge on any atom is 0.340 e. The van der Waals surface area contributed by atoms with E-state index in [1.54, 1.807) is 42.3 Å². The largest absolute Gasteiger partial charge is 0.493 e. The number of hydrogen-bond donors (Lipinski definition) is 0. The fourth-order valence-corrected chi connectivity index (χ4v) is 3.44. The Morgan fingerprint density at radius 2 is 1.81 bits per heavy atom. The third kappa shape index (κ3) is 3.55. The number of pyridine rings is 1. The molecule has 0 N–H and O–H groups in total. The Morgan fingerprint density at radius 3 is 2.52 bits per heavy atom. The first-order chi connectivity index (χ1) is 15.0. The van der Waals surface area contributed by atoms with Crippen molar-refractivity contribution in [1.29, 1.82) is 0 Å². The summed E-state index contributed by atoms with van der Waals surface area (Å²) in [7, 11) is 4.32. The summed E-state index contributed by atoms with van der Waals surface area (Å²) in [6.45, 7) is 0. The van der Waals surface area contributed by atoms with Gasteiger partial charge in [0.2, 0.25) is 0 Å². The summed E-state index contributed by atoms with van der Waals surface area (Å²) in [5.74, 6) is 0.146. The summed E-state index contributed by atoms with van der Waals surface area (Å²) in [6, 6.07) is 11.2. The molecule has 4 rings (SSSR count). The van der Waals surface area contributed by atoms with Crippen molar-refractivity contribution in [1.82, 2.24) is 14.5 Å². The van der Waals surface area contributed by atoms with Gasteiger partial charge in [0.15, 0.2) is 17.3 Å². The highest BCUT2D eigenvalue weighted by molar-refractivity contribution is 6.31. The maximum atomic E-state index is 14.8. The Morgan fingerprint density at radius 1 is 1.06 bits per heavy atom. The fourth-order valence-electron chi connectivity index (χ4n) is 3.27. The van der Waals surface area contributed by atoms with Crippen molar-refractivity contribution in [3.8, 4) is 28.6 Å². The van der Waals surface area contributed by atoms with E-state index >= 15 is 0 Å². The maximum absolute atomic E-state index is 14.8. The number of ether oxygens (including phenoxy) is 3. The van der Waals surface area contributed by atoms with E-state index in [2.05, 4.69) is 9.97 Å². The molecule has 0 fully saturated rings. The zero-order chi connectivity index (χ0) is 22.1. The molecule has 0 unspecified atom stereocenters. The third-order valence-electron chi connectivity index (χ3n) is 4.79. The third-order valence-corrected chi connectivity index (χ3v) is 5.08. The van der Waals surface area contributed by atoms with Crippen LogP contribution in [0.1, 0.15) is 10.4 Å². The van der Waals surface area contributed by atoms with Crippen molar-refractivity contribution in [3.63, 3.8) is 0 Å². The highest BCUT2D eigenvalue weighted by atomic mass is 35.5. The van der Waals surface area contributed by atoms with E-state index in [0.29, 0.717) is 28.4 Å². The van der Waals surface area contributed by atoms with Crippen molar-refractivity contribution in [2.24, 2.45) is 0 Å². The summed E-state index contributed by atoms with van der Waals surface area (Å²) >= 11 is 5.95. The minimum Gasteiger partial charge on any atom is -0.493 e. The number of esters is 1. The molecule has 0 saturated carbocycles. The van der Waals surface area contributed by atoms with Gasteiger partial charge in [-0.3, -0.25) is 4.57 Å². The van der Waals surface area contributed by atoms with Crippen LogP contribution in [0.15, 0.2) is 48.8 Å². The second kappa shape index (κ2) is 8.23. The van der Waals surface area contributed by atoms with Crippen LogP contribution in [-0.2, 0) is 4.74 Å². The first-order valence-corrected chi connectivity index (χ1v) is 9.49. The van der Waals surface area contributed by atoms with Crippen LogP contribution < -0.4 is 9.47 Å². The van der Waals surface area contributed by atoms with Crippen LogP contribution in [0.25, 0.3) is 28.1 Å². The normalized spacial score (nSPS) is 10.9. The number of carbonyl (C=O) groups excluding carboxylic acids is 1. The average Bonchev–Trinajstić information content (AvgIpc) is 3.21. The number of fused-ring (bicyclic) bond motifs is 1. The van der Waals surface area contributed by atoms with Crippen LogP contribution in [0.2, 0.25) is 5.02 Å². The van der Waals surface area contributed by atoms with Crippen molar-refractivity contribution in [2.75, 3.05) is 21.3 Å². The van der Waals surface area contributed by atoms with Crippen LogP contribution >= 0.6 is 11.6 Å². The number of hydrogen-bond acceptors (Lipinski definition) is 6. The van der Waals surface area contributed by atoms with Gasteiger partial charge in [-0.2, -0.15) is 0 Å². The zero-order valence-corrected chi connectivity index (χ0v) is 17.6. The lowest BCUT2D eigenvalue weighted by molar-refractivity contribution is 0.0601. The van der Waals surface area contributed by atoms with Crippen LogP contribution in [-0.4, -0.2) is 41.8 Å². The lowest BCUT2D eigenvalue weighted by Crippen LogP contribution is -2.08. The molecule has 4 aromatic rings. The number of benzene rings is 2. The van der Waals surface area contributed by atoms with E-state index in [-0.39, 0.29) is 21.8 Å². The quantitative estimate of drug-likeness (QED) is 0.418. The number of aromatic nitrogens is 3. The molecule has 2 heterocycles. The number of nitrogens with zero attached hydrogens (tertiary/aromatic N) is 3. The van der Waals surface area contributed by atoms with E-state index in [4.69, 9.17) is 25.8 Å². The first kappa shape index (κ1) is 20.6. The monoisotopic (exact) mass is 441 g/mol. The number of rotatable bonds is 5. The lowest BCUT2D eigenvalue weighted by Gasteiger charge is -2.13. The van der Waals surface area contributed by atoms with Gasteiger partial charge in [0.05, 0.1) is 48.6 Å². The summed E-state index contributed by atoms with van der Waals surface area (Å²) in [5, 5.41) is -0.0783. The second-order valence-corrected chi connectivity index (χ2v) is 6.88. The predicted octanol–water partition coefficient (Wildman–Crippen LogP) is 4.68. The van der Waals surface area contributed by atoms with E-state index < -0.39 is 11.8 Å². The first-order valence-electron chi connectivity index (χ1n) is 9.11. The molecule has 0 spiro atoms. The molecule has 0 atom stereocenters. The van der Waals surface area contributed by atoms with Gasteiger partial charge in [0, 0.05) is 17.7 Å². The van der Waals surface area contributed by atoms with Gasteiger partial charge >= 0.3 is 5.97 Å². The second-order valence-electron chi connectivity index (χ2n) is 6.47. The molecule has 0 amide bonds. The number of halogens is 2. The van der Waals surface area contributed by atoms with Crippen LogP contribution in [0, 0.1) is 5.82 Å². The molecule has 0 aliphatic carbocycles. The molecule has 0 aliphatic rings. The van der Waals surface area contributed by atoms with E-state index in [1.165, 1.54) is 32.4 Å². The molecule has 31 heavy (non-hydrogen) atoms. The molecule has 7 nitrogen and oxygen atoms in total. The van der Waals surface area contributed by atoms with Gasteiger partial charge in [-0.1, -0.05) is 17.7 Å². The van der Waals surface area contributed by atoms with Crippen molar-refractivity contribution < 1.29 is 23.4 Å². The summed E-state index contributed by atoms with van der Waals surface area (Å²) in [5.41, 5.74) is 1.63. The molecule has 158 valence electrons. The SMILES string of the molecule is COC(=O)c1ccc(-n2cnc3cc(OC)c(OC)cc32)nc1-c1cccc(Cl)c1F. The van der Waals surface area contributed by atoms with Crippen molar-refractivity contribution in [3.05, 3.63) is 65.2 Å². The predicted molar refractivity (Wildman–Crippen MR) is 114 cm³/mol. The topological polar surface area (TPSA) is 75.5 Å². The van der Waals surface area contributed by atoms with Gasteiger partial charge < -0.3 is 14.2 Å². The van der Waals surface area contributed by atoms with Gasteiger partial charge in [-0.25, -0.2) is 19.2 Å². The Hall–Kier alpha value is -3.65. The summed E-state index contributed by atoms with van der Waals surface area (Å²) in [6.07, 6.45) is 1.57. The lowest BCUT2D eigenvalue weighted by atomic mass is 10.0. The van der Waals surface area contributed by atoms with Crippen molar-refractivity contribution >= 4 is 28.6 Å². The van der Waals surface area contributed by atoms with Gasteiger partial charge in [-0.05, 0) is 24.3 Å². The Balaban J connectivity index is 1.95. The van der Waals surface area contributed by atoms with E-state index in [0.717, 1.165) is 0 Å². The molecule has 0 saturated heterocycles. The van der Waals surface area contributed by atoms with Crippen LogP contribution in [0.3, 0.4) is 0 Å². The van der Waals surface area contributed by atoms with Crippen LogP contribution in [0.5, 0.6) is 11.5 Å². The highest BCUT2D eigenvalue weighted by Gasteiger charge is 2.21. The molecule has 2 aromatic carbocycles. The molecule has 9 heteroatoms. The molecule has 0 radical (unpaired) electrons. The molecular formula is C22H17ClFN3O4. The molecule has 2 aromatic heterocycles. The fraction of sp³-hybridized carbons (Fsp3) is 0.136. The average molecular weight is 442 g/mol. The Bertz CT molecular complexity index is 1310. The highest BCUT2D eigenvalue weighted by Crippen LogP contribution is 2.34. The minimum atomic E-state index is -0.680. The Kier molecular flexibility index (Phi) is 5.48. The summed E-state index contributed by atoms with van der Waals surface area (Å²) < 4.78 is 32.0. The summed E-state index contributed by atoms with van der Waals surface area (Å²) in [4.78, 5) is 21.2. The Labute approximate surface area is 182 Å². The van der Waals surface area contributed by atoms with Crippen LogP contribution in [0.4, 0.5) is 4.39 Å².